The third kappa shape index (κ3) is 4.87. The van der Waals surface area contributed by atoms with Gasteiger partial charge in [0.2, 0.25) is 5.91 Å². The van der Waals surface area contributed by atoms with E-state index in [2.05, 4.69) is 0 Å². The van der Waals surface area contributed by atoms with E-state index in [0.29, 0.717) is 22.9 Å². The number of hydrogen-bond donors (Lipinski definition) is 1. The Kier molecular flexibility index (Phi) is 7.07. The monoisotopic (exact) mass is 501 g/mol. The standard InChI is InChI=1S/C27H29Cl2NO4/c1-3-22(25(33)17-7-8-17)30-24(16-9-11-19(28)12-10-16)21(18-5-4-6-20(29)13-18)14-27(2,26(30)34)15-23(31)32/h4-6,9-13,17,21-22,24H,3,7-8,14-15H2,1-2H3,(H,31,32). The van der Waals surface area contributed by atoms with Gasteiger partial charge in [-0.15, -0.1) is 0 Å². The molecule has 1 aliphatic carbocycles. The van der Waals surface area contributed by atoms with E-state index in [-0.39, 0.29) is 29.9 Å². The van der Waals surface area contributed by atoms with E-state index in [0.717, 1.165) is 24.0 Å². The number of nitrogens with zero attached hydrogens (tertiary/aromatic N) is 1. The van der Waals surface area contributed by atoms with Gasteiger partial charge < -0.3 is 10.0 Å². The molecule has 0 spiro atoms. The molecule has 34 heavy (non-hydrogen) atoms. The van der Waals surface area contributed by atoms with Crippen LogP contribution in [0.4, 0.5) is 0 Å². The molecule has 0 aromatic heterocycles. The van der Waals surface area contributed by atoms with Crippen LogP contribution >= 0.6 is 23.2 Å². The summed E-state index contributed by atoms with van der Waals surface area (Å²) in [5.74, 6) is -1.52. The molecule has 1 saturated heterocycles. The van der Waals surface area contributed by atoms with Crippen molar-refractivity contribution in [2.45, 2.75) is 64.0 Å². The first-order valence-corrected chi connectivity index (χ1v) is 12.5. The minimum absolute atomic E-state index is 0.0270. The first kappa shape index (κ1) is 24.7. The third-order valence-electron chi connectivity index (χ3n) is 7.16. The van der Waals surface area contributed by atoms with Gasteiger partial charge in [0.25, 0.3) is 0 Å². The summed E-state index contributed by atoms with van der Waals surface area (Å²) in [6.07, 6.45) is 2.17. The van der Waals surface area contributed by atoms with E-state index >= 15 is 0 Å². The number of carbonyl (C=O) groups is 3. The van der Waals surface area contributed by atoms with Crippen LogP contribution in [0.3, 0.4) is 0 Å². The smallest absolute Gasteiger partial charge is 0.304 e. The number of carboxylic acid groups (broad SMARTS) is 1. The molecule has 1 saturated carbocycles. The molecule has 4 unspecified atom stereocenters. The fourth-order valence-electron chi connectivity index (χ4n) is 5.40. The van der Waals surface area contributed by atoms with Crippen molar-refractivity contribution in [1.82, 2.24) is 4.90 Å². The van der Waals surface area contributed by atoms with Crippen LogP contribution in [0.25, 0.3) is 0 Å². The topological polar surface area (TPSA) is 74.7 Å². The average molecular weight is 502 g/mol. The summed E-state index contributed by atoms with van der Waals surface area (Å²) in [6.45, 7) is 3.62. The lowest BCUT2D eigenvalue weighted by atomic mass is 9.66. The number of amides is 1. The molecule has 7 heteroatoms. The Labute approximate surface area is 210 Å². The van der Waals surface area contributed by atoms with Crippen LogP contribution in [0.15, 0.2) is 48.5 Å². The summed E-state index contributed by atoms with van der Waals surface area (Å²) < 4.78 is 0. The lowest BCUT2D eigenvalue weighted by Gasteiger charge is -2.51. The van der Waals surface area contributed by atoms with Gasteiger partial charge in [-0.25, -0.2) is 0 Å². The van der Waals surface area contributed by atoms with Crippen molar-refractivity contribution in [3.8, 4) is 0 Å². The molecule has 2 aromatic rings. The number of Topliss-reactive ketones (excluding diaryl/α,β-unsaturated/α-hetero) is 1. The normalized spacial score (nSPS) is 25.8. The van der Waals surface area contributed by atoms with Gasteiger partial charge in [0.05, 0.1) is 23.9 Å². The molecular weight excluding hydrogens is 473 g/mol. The fraction of sp³-hybridized carbons (Fsp3) is 0.444. The molecule has 4 rings (SSSR count). The fourth-order valence-corrected chi connectivity index (χ4v) is 5.72. The number of likely N-dealkylation sites (tertiary alicyclic amines) is 1. The second-order valence-electron chi connectivity index (χ2n) is 9.81. The predicted molar refractivity (Wildman–Crippen MR) is 132 cm³/mol. The van der Waals surface area contributed by atoms with Crippen LogP contribution in [-0.4, -0.2) is 33.7 Å². The van der Waals surface area contributed by atoms with Gasteiger partial charge in [0.15, 0.2) is 5.78 Å². The maximum absolute atomic E-state index is 14.1. The average Bonchev–Trinajstić information content (AvgIpc) is 3.63. The van der Waals surface area contributed by atoms with Gasteiger partial charge in [-0.1, -0.05) is 61.3 Å². The van der Waals surface area contributed by atoms with E-state index < -0.39 is 23.5 Å². The molecule has 180 valence electrons. The molecule has 0 bridgehead atoms. The van der Waals surface area contributed by atoms with E-state index in [9.17, 15) is 19.5 Å². The Bertz CT molecular complexity index is 1100. The van der Waals surface area contributed by atoms with Gasteiger partial charge in [-0.2, -0.15) is 0 Å². The van der Waals surface area contributed by atoms with Crippen molar-refractivity contribution >= 4 is 40.9 Å². The molecule has 0 radical (unpaired) electrons. The number of rotatable bonds is 8. The predicted octanol–water partition coefficient (Wildman–Crippen LogP) is 6.29. The maximum Gasteiger partial charge on any atom is 0.304 e. The highest BCUT2D eigenvalue weighted by Crippen LogP contribution is 2.52. The second kappa shape index (κ2) is 9.71. The zero-order chi connectivity index (χ0) is 24.6. The van der Waals surface area contributed by atoms with Gasteiger partial charge in [0.1, 0.15) is 0 Å². The highest BCUT2D eigenvalue weighted by molar-refractivity contribution is 6.30. The molecule has 1 heterocycles. The van der Waals surface area contributed by atoms with Gasteiger partial charge in [-0.3, -0.25) is 14.4 Å². The Morgan fingerprint density at radius 3 is 2.32 bits per heavy atom. The number of piperidine rings is 1. The van der Waals surface area contributed by atoms with E-state index in [4.69, 9.17) is 23.2 Å². The van der Waals surface area contributed by atoms with Gasteiger partial charge in [-0.05, 0) is 61.1 Å². The molecule has 4 atom stereocenters. The van der Waals surface area contributed by atoms with Crippen molar-refractivity contribution in [3.63, 3.8) is 0 Å². The van der Waals surface area contributed by atoms with Crippen LogP contribution < -0.4 is 0 Å². The summed E-state index contributed by atoms with van der Waals surface area (Å²) in [7, 11) is 0. The number of hydrogen-bond acceptors (Lipinski definition) is 3. The number of aliphatic carboxylic acids is 1. The molecule has 2 aromatic carbocycles. The van der Waals surface area contributed by atoms with Crippen molar-refractivity contribution in [2.75, 3.05) is 0 Å². The molecule has 2 fully saturated rings. The van der Waals surface area contributed by atoms with Crippen LogP contribution in [0.5, 0.6) is 0 Å². The Hall–Kier alpha value is -2.37. The van der Waals surface area contributed by atoms with Crippen molar-refractivity contribution in [3.05, 3.63) is 69.7 Å². The molecule has 5 nitrogen and oxygen atoms in total. The molecule has 1 amide bonds. The van der Waals surface area contributed by atoms with Crippen molar-refractivity contribution < 1.29 is 19.5 Å². The molecule has 1 N–H and O–H groups in total. The number of carbonyl (C=O) groups excluding carboxylic acids is 2. The Balaban J connectivity index is 1.91. The largest absolute Gasteiger partial charge is 0.481 e. The molecule has 1 aliphatic heterocycles. The third-order valence-corrected chi connectivity index (χ3v) is 7.65. The van der Waals surface area contributed by atoms with Crippen LogP contribution in [0.2, 0.25) is 10.0 Å². The second-order valence-corrected chi connectivity index (χ2v) is 10.7. The zero-order valence-electron chi connectivity index (χ0n) is 19.3. The van der Waals surface area contributed by atoms with E-state index in [1.807, 2.05) is 37.3 Å². The lowest BCUT2D eigenvalue weighted by Crippen LogP contribution is -2.58. The highest BCUT2D eigenvalue weighted by Gasteiger charge is 2.54. The Morgan fingerprint density at radius 1 is 1.09 bits per heavy atom. The first-order valence-electron chi connectivity index (χ1n) is 11.7. The zero-order valence-corrected chi connectivity index (χ0v) is 20.9. The number of ketones is 1. The van der Waals surface area contributed by atoms with Crippen LogP contribution in [0, 0.1) is 11.3 Å². The summed E-state index contributed by atoms with van der Waals surface area (Å²) in [6, 6.07) is 13.7. The number of benzene rings is 2. The lowest BCUT2D eigenvalue weighted by molar-refractivity contribution is -0.162. The summed E-state index contributed by atoms with van der Waals surface area (Å²) >= 11 is 12.5. The van der Waals surface area contributed by atoms with Crippen LogP contribution in [-0.2, 0) is 14.4 Å². The Morgan fingerprint density at radius 2 is 1.76 bits per heavy atom. The van der Waals surface area contributed by atoms with Gasteiger partial charge in [0, 0.05) is 21.9 Å². The van der Waals surface area contributed by atoms with E-state index in [1.165, 1.54) is 0 Å². The quantitative estimate of drug-likeness (QED) is 0.461. The summed E-state index contributed by atoms with van der Waals surface area (Å²) in [5, 5.41) is 10.8. The minimum atomic E-state index is -1.15. The van der Waals surface area contributed by atoms with Gasteiger partial charge >= 0.3 is 5.97 Å². The van der Waals surface area contributed by atoms with Crippen molar-refractivity contribution in [2.24, 2.45) is 11.3 Å². The maximum atomic E-state index is 14.1. The molecular formula is C27H29Cl2NO4. The first-order chi connectivity index (χ1) is 16.1. The number of halogens is 2. The SMILES string of the molecule is CCC(C(=O)C1CC1)N1C(=O)C(C)(CC(=O)O)CC(c2cccc(Cl)c2)C1c1ccc(Cl)cc1. The minimum Gasteiger partial charge on any atom is -0.481 e. The summed E-state index contributed by atoms with van der Waals surface area (Å²) in [4.78, 5) is 41.0. The van der Waals surface area contributed by atoms with E-state index in [1.54, 1.807) is 30.0 Å². The summed E-state index contributed by atoms with van der Waals surface area (Å²) in [5.41, 5.74) is 0.622. The van der Waals surface area contributed by atoms with Crippen LogP contribution in [0.1, 0.15) is 69.0 Å². The number of carboxylic acids is 1. The van der Waals surface area contributed by atoms with Crippen molar-refractivity contribution in [1.29, 1.82) is 0 Å². The highest BCUT2D eigenvalue weighted by atomic mass is 35.5. The molecule has 2 aliphatic rings.